The summed E-state index contributed by atoms with van der Waals surface area (Å²) in [4.78, 5) is 23.1. The smallest absolute Gasteiger partial charge is 0.289 e. The third-order valence-electron chi connectivity index (χ3n) is 6.08. The topological polar surface area (TPSA) is 127 Å². The second-order valence-electron chi connectivity index (χ2n) is 8.87. The molecular formula is C28H27N5O5S. The van der Waals surface area contributed by atoms with Gasteiger partial charge in [-0.15, -0.1) is 0 Å². The number of hydrogen-bond donors (Lipinski definition) is 1. The number of aryl methyl sites for hydroxylation is 2. The number of nitro groups is 1. The van der Waals surface area contributed by atoms with Crippen molar-refractivity contribution in [1.82, 2.24) is 9.99 Å². The van der Waals surface area contributed by atoms with E-state index in [0.29, 0.717) is 0 Å². The number of nitro benzene ring substituents is 1. The molecule has 0 aliphatic rings. The zero-order valence-electron chi connectivity index (χ0n) is 21.6. The summed E-state index contributed by atoms with van der Waals surface area (Å²) in [7, 11) is -4.47. The van der Waals surface area contributed by atoms with Crippen molar-refractivity contribution in [1.29, 1.82) is 0 Å². The first kappa shape index (κ1) is 27.3. The molecule has 0 unspecified atom stereocenters. The molecule has 11 heteroatoms. The molecule has 200 valence electrons. The predicted molar refractivity (Wildman–Crippen MR) is 150 cm³/mol. The van der Waals surface area contributed by atoms with Crippen LogP contribution in [0.2, 0.25) is 0 Å². The molecule has 1 amide bonds. The molecule has 0 atom stereocenters. The Bertz CT molecular complexity index is 1660. The number of hydrogen-bond acceptors (Lipinski definition) is 6. The second-order valence-corrected chi connectivity index (χ2v) is 10.7. The van der Waals surface area contributed by atoms with Gasteiger partial charge in [0.05, 0.1) is 16.8 Å². The Kier molecular flexibility index (Phi) is 7.91. The van der Waals surface area contributed by atoms with Crippen molar-refractivity contribution in [3.63, 3.8) is 0 Å². The lowest BCUT2D eigenvalue weighted by Crippen LogP contribution is -2.39. The molecule has 10 nitrogen and oxygen atoms in total. The Morgan fingerprint density at radius 1 is 1.00 bits per heavy atom. The van der Waals surface area contributed by atoms with Crippen molar-refractivity contribution in [2.75, 3.05) is 10.8 Å². The number of anilines is 1. The number of benzene rings is 3. The molecule has 39 heavy (non-hydrogen) atoms. The van der Waals surface area contributed by atoms with Gasteiger partial charge in [0.15, 0.2) is 4.90 Å². The van der Waals surface area contributed by atoms with Gasteiger partial charge in [0.2, 0.25) is 0 Å². The van der Waals surface area contributed by atoms with Crippen LogP contribution < -0.4 is 9.73 Å². The normalized spacial score (nSPS) is 11.5. The zero-order valence-corrected chi connectivity index (χ0v) is 22.4. The lowest BCUT2D eigenvalue weighted by molar-refractivity contribution is -0.387. The van der Waals surface area contributed by atoms with Gasteiger partial charge in [0.25, 0.3) is 21.6 Å². The van der Waals surface area contributed by atoms with Crippen molar-refractivity contribution < 1.29 is 18.1 Å². The Morgan fingerprint density at radius 2 is 1.69 bits per heavy atom. The minimum atomic E-state index is -4.47. The molecule has 0 bridgehead atoms. The van der Waals surface area contributed by atoms with Gasteiger partial charge < -0.3 is 4.57 Å². The van der Waals surface area contributed by atoms with Gasteiger partial charge in [-0.1, -0.05) is 42.5 Å². The number of aromatic nitrogens is 1. The van der Waals surface area contributed by atoms with Crippen molar-refractivity contribution in [3.8, 4) is 5.69 Å². The van der Waals surface area contributed by atoms with Gasteiger partial charge in [0, 0.05) is 28.7 Å². The van der Waals surface area contributed by atoms with Crippen LogP contribution in [0, 0.1) is 30.9 Å². The summed E-state index contributed by atoms with van der Waals surface area (Å²) in [5.41, 5.74) is 6.79. The molecule has 1 aromatic heterocycles. The molecule has 1 N–H and O–H groups in total. The van der Waals surface area contributed by atoms with E-state index < -0.39 is 38.0 Å². The highest BCUT2D eigenvalue weighted by Gasteiger charge is 2.33. The average Bonchev–Trinajstić information content (AvgIpc) is 3.20. The number of carbonyl (C=O) groups is 1. The molecule has 0 aliphatic carbocycles. The fourth-order valence-corrected chi connectivity index (χ4v) is 5.86. The molecule has 4 rings (SSSR count). The van der Waals surface area contributed by atoms with E-state index in [0.717, 1.165) is 44.6 Å². The van der Waals surface area contributed by atoms with E-state index in [1.165, 1.54) is 30.5 Å². The number of nitrogens with one attached hydrogen (secondary N) is 1. The summed E-state index contributed by atoms with van der Waals surface area (Å²) in [6.07, 6.45) is 1.50. The zero-order chi connectivity index (χ0) is 28.2. The molecular weight excluding hydrogens is 518 g/mol. The maximum absolute atomic E-state index is 13.5. The molecule has 0 aliphatic heterocycles. The fourth-order valence-electron chi connectivity index (χ4n) is 4.28. The molecule has 0 spiro atoms. The predicted octanol–water partition coefficient (Wildman–Crippen LogP) is 4.66. The number of sulfonamides is 1. The number of rotatable bonds is 9. The van der Waals surface area contributed by atoms with Crippen molar-refractivity contribution in [2.24, 2.45) is 5.10 Å². The highest BCUT2D eigenvalue weighted by atomic mass is 32.2. The molecule has 0 saturated carbocycles. The highest BCUT2D eigenvalue weighted by molar-refractivity contribution is 7.93. The third-order valence-corrected chi connectivity index (χ3v) is 7.91. The van der Waals surface area contributed by atoms with Crippen molar-refractivity contribution in [2.45, 2.75) is 25.7 Å². The van der Waals surface area contributed by atoms with E-state index in [-0.39, 0.29) is 5.69 Å². The molecule has 3 aromatic carbocycles. The quantitative estimate of drug-likeness (QED) is 0.186. The fraction of sp³-hybridized carbons (Fsp3) is 0.143. The second kappa shape index (κ2) is 11.3. The standard InChI is InChI=1S/C28H27N5O5S/c1-20-10-9-13-25(16-20)32-21(2)17-23(22(32)3)18-29-30-28(34)19-31(24-11-5-4-6-12-24)39(37,38)27-15-8-7-14-26(27)33(35)36/h4-18H,19H2,1-3H3,(H,30,34)/b29-18-. The minimum Gasteiger partial charge on any atom is -0.318 e. The van der Waals surface area contributed by atoms with Crippen LogP contribution in [-0.4, -0.2) is 36.6 Å². The lowest BCUT2D eigenvalue weighted by atomic mass is 10.2. The summed E-state index contributed by atoms with van der Waals surface area (Å²) < 4.78 is 30.0. The summed E-state index contributed by atoms with van der Waals surface area (Å²) in [5.74, 6) is -0.718. The molecule has 0 radical (unpaired) electrons. The Balaban J connectivity index is 1.58. The minimum absolute atomic E-state index is 0.177. The van der Waals surface area contributed by atoms with Crippen LogP contribution in [0.1, 0.15) is 22.5 Å². The first-order valence-corrected chi connectivity index (χ1v) is 13.4. The van der Waals surface area contributed by atoms with E-state index in [2.05, 4.69) is 21.2 Å². The number of para-hydroxylation sites is 2. The Labute approximate surface area is 226 Å². The molecule has 1 heterocycles. The number of nitrogens with zero attached hydrogens (tertiary/aromatic N) is 4. The highest BCUT2D eigenvalue weighted by Crippen LogP contribution is 2.29. The van der Waals surface area contributed by atoms with E-state index in [9.17, 15) is 23.3 Å². The van der Waals surface area contributed by atoms with Gasteiger partial charge in [-0.05, 0) is 62.7 Å². The van der Waals surface area contributed by atoms with E-state index >= 15 is 0 Å². The maximum Gasteiger partial charge on any atom is 0.289 e. The van der Waals surface area contributed by atoms with Crippen LogP contribution in [0.15, 0.2) is 94.9 Å². The molecule has 0 fully saturated rings. The number of carbonyl (C=O) groups excluding carboxylic acids is 1. The van der Waals surface area contributed by atoms with Gasteiger partial charge in [-0.25, -0.2) is 13.8 Å². The Hall–Kier alpha value is -4.77. The monoisotopic (exact) mass is 545 g/mol. The largest absolute Gasteiger partial charge is 0.318 e. The van der Waals surface area contributed by atoms with E-state index in [1.807, 2.05) is 45.0 Å². The average molecular weight is 546 g/mol. The van der Waals surface area contributed by atoms with Crippen molar-refractivity contribution in [3.05, 3.63) is 118 Å². The number of hydrazone groups is 1. The SMILES string of the molecule is Cc1cccc(-n2c(C)cc(/C=N\NC(=O)CN(c3ccccc3)S(=O)(=O)c3ccccc3[N+](=O)[O-])c2C)c1. The third kappa shape index (κ3) is 5.88. The number of amides is 1. The van der Waals surface area contributed by atoms with Crippen LogP contribution in [0.25, 0.3) is 5.69 Å². The molecule has 0 saturated heterocycles. The maximum atomic E-state index is 13.5. The first-order chi connectivity index (χ1) is 18.6. The van der Waals surface area contributed by atoms with Gasteiger partial charge in [-0.3, -0.25) is 19.2 Å². The van der Waals surface area contributed by atoms with Crippen LogP contribution in [0.5, 0.6) is 0 Å². The summed E-state index contributed by atoms with van der Waals surface area (Å²) in [6.45, 7) is 5.29. The summed E-state index contributed by atoms with van der Waals surface area (Å²) in [6, 6.07) is 22.9. The Morgan fingerprint density at radius 3 is 2.38 bits per heavy atom. The molecule has 4 aromatic rings. The summed E-state index contributed by atoms with van der Waals surface area (Å²) in [5, 5.41) is 15.6. The first-order valence-electron chi connectivity index (χ1n) is 12.0. The van der Waals surface area contributed by atoms with Gasteiger partial charge in [0.1, 0.15) is 6.54 Å². The van der Waals surface area contributed by atoms with E-state index in [1.54, 1.807) is 18.2 Å². The summed E-state index contributed by atoms with van der Waals surface area (Å²) >= 11 is 0. The van der Waals surface area contributed by atoms with E-state index in [4.69, 9.17) is 0 Å². The van der Waals surface area contributed by atoms with Crippen LogP contribution in [-0.2, 0) is 14.8 Å². The van der Waals surface area contributed by atoms with Crippen molar-refractivity contribution >= 4 is 33.5 Å². The van der Waals surface area contributed by atoms with Crippen LogP contribution in [0.4, 0.5) is 11.4 Å². The van der Waals surface area contributed by atoms with Gasteiger partial charge in [-0.2, -0.15) is 5.10 Å². The van der Waals surface area contributed by atoms with Crippen LogP contribution >= 0.6 is 0 Å². The lowest BCUT2D eigenvalue weighted by Gasteiger charge is -2.23. The van der Waals surface area contributed by atoms with Crippen LogP contribution in [0.3, 0.4) is 0 Å². The van der Waals surface area contributed by atoms with Gasteiger partial charge >= 0.3 is 0 Å².